The molecule has 0 saturated carbocycles. The number of alkyl halides is 1. The summed E-state index contributed by atoms with van der Waals surface area (Å²) >= 11 is 0. The molecule has 0 heterocycles. The van der Waals surface area contributed by atoms with Crippen LogP contribution < -0.4 is 0 Å². The first kappa shape index (κ1) is 5.67. The molecule has 1 unspecified atom stereocenters. The van der Waals surface area contributed by atoms with Gasteiger partial charge in [0.2, 0.25) is 0 Å². The zero-order chi connectivity index (χ0) is 4.99. The first-order valence-electron chi connectivity index (χ1n) is 1.99. The van der Waals surface area contributed by atoms with E-state index in [1.54, 1.807) is 13.0 Å². The Morgan fingerprint density at radius 1 is 2.00 bits per heavy atom. The summed E-state index contributed by atoms with van der Waals surface area (Å²) in [5.74, 6) is 0.0324. The Morgan fingerprint density at radius 2 is 2.50 bits per heavy atom. The molecule has 0 aliphatic rings. The third-order valence-electron chi connectivity index (χ3n) is 0.646. The number of hydrogen-bond acceptors (Lipinski definition) is 0. The molecule has 0 aliphatic heterocycles. The molecule has 1 atom stereocenters. The van der Waals surface area contributed by atoms with Gasteiger partial charge in [0.05, 0.1) is 6.67 Å². The van der Waals surface area contributed by atoms with Crippen molar-refractivity contribution in [1.29, 1.82) is 0 Å². The van der Waals surface area contributed by atoms with Crippen LogP contribution in [0.25, 0.3) is 0 Å². The van der Waals surface area contributed by atoms with Crippen molar-refractivity contribution in [2.75, 3.05) is 6.67 Å². The second-order valence-electron chi connectivity index (χ2n) is 1.37. The average molecular weight is 88.1 g/mol. The summed E-state index contributed by atoms with van der Waals surface area (Å²) in [5.41, 5.74) is 0. The third-order valence-corrected chi connectivity index (χ3v) is 0.646. The van der Waals surface area contributed by atoms with Crippen LogP contribution in [0.1, 0.15) is 6.92 Å². The summed E-state index contributed by atoms with van der Waals surface area (Å²) in [6, 6.07) is 0. The lowest BCUT2D eigenvalue weighted by Gasteiger charge is -1.90. The van der Waals surface area contributed by atoms with Gasteiger partial charge in [-0.05, 0) is 0 Å². The molecule has 0 amide bonds. The second-order valence-corrected chi connectivity index (χ2v) is 1.37. The van der Waals surface area contributed by atoms with Crippen molar-refractivity contribution >= 4 is 0 Å². The molecule has 1 heteroatoms. The van der Waals surface area contributed by atoms with E-state index >= 15 is 0 Å². The Morgan fingerprint density at radius 3 is 2.50 bits per heavy atom. The van der Waals surface area contributed by atoms with E-state index in [9.17, 15) is 4.39 Å². The van der Waals surface area contributed by atoms with Crippen molar-refractivity contribution in [3.05, 3.63) is 12.7 Å². The number of allylic oxidation sites excluding steroid dienone is 1. The van der Waals surface area contributed by atoms with Gasteiger partial charge in [0.25, 0.3) is 0 Å². The normalized spacial score (nSPS) is 13.7. The SMILES string of the molecule is C=CC(C)CF. The number of rotatable bonds is 2. The van der Waals surface area contributed by atoms with Crippen LogP contribution in [0, 0.1) is 5.92 Å². The van der Waals surface area contributed by atoms with Crippen LogP contribution in [0.15, 0.2) is 12.7 Å². The first-order chi connectivity index (χ1) is 2.81. The van der Waals surface area contributed by atoms with E-state index in [-0.39, 0.29) is 12.6 Å². The molecule has 36 valence electrons. The lowest BCUT2D eigenvalue weighted by molar-refractivity contribution is 0.430. The van der Waals surface area contributed by atoms with Gasteiger partial charge in [0.1, 0.15) is 0 Å². The molecule has 0 radical (unpaired) electrons. The second kappa shape index (κ2) is 2.88. The molecular weight excluding hydrogens is 79.1 g/mol. The van der Waals surface area contributed by atoms with Crippen molar-refractivity contribution in [1.82, 2.24) is 0 Å². The summed E-state index contributed by atoms with van der Waals surface area (Å²) in [5, 5.41) is 0. The van der Waals surface area contributed by atoms with E-state index in [1.165, 1.54) is 0 Å². The van der Waals surface area contributed by atoms with Gasteiger partial charge in [-0.25, -0.2) is 0 Å². The number of hydrogen-bond donors (Lipinski definition) is 0. The smallest absolute Gasteiger partial charge is 0.0954 e. The molecule has 0 aliphatic carbocycles. The van der Waals surface area contributed by atoms with Crippen molar-refractivity contribution < 1.29 is 4.39 Å². The van der Waals surface area contributed by atoms with Gasteiger partial charge in [-0.1, -0.05) is 13.0 Å². The van der Waals surface area contributed by atoms with Crippen molar-refractivity contribution in [3.63, 3.8) is 0 Å². The Labute approximate surface area is 37.7 Å². The molecule has 0 bridgehead atoms. The predicted molar refractivity (Wildman–Crippen MR) is 25.3 cm³/mol. The maximum atomic E-state index is 11.3. The summed E-state index contributed by atoms with van der Waals surface area (Å²) < 4.78 is 11.3. The fourth-order valence-corrected chi connectivity index (χ4v) is 0.0630. The predicted octanol–water partition coefficient (Wildman–Crippen LogP) is 1.78. The minimum absolute atomic E-state index is 0.0324. The minimum Gasteiger partial charge on any atom is -0.250 e. The van der Waals surface area contributed by atoms with Gasteiger partial charge in [-0.3, -0.25) is 4.39 Å². The molecule has 0 nitrogen and oxygen atoms in total. The zero-order valence-electron chi connectivity index (χ0n) is 3.95. The molecule has 0 N–H and O–H groups in total. The Kier molecular flexibility index (Phi) is 2.73. The van der Waals surface area contributed by atoms with Gasteiger partial charge in [-0.15, -0.1) is 6.58 Å². The lowest BCUT2D eigenvalue weighted by atomic mass is 10.2. The van der Waals surface area contributed by atoms with Gasteiger partial charge in [-0.2, -0.15) is 0 Å². The fraction of sp³-hybridized carbons (Fsp3) is 0.600. The van der Waals surface area contributed by atoms with Gasteiger partial charge < -0.3 is 0 Å². The summed E-state index contributed by atoms with van der Waals surface area (Å²) in [7, 11) is 0. The van der Waals surface area contributed by atoms with Gasteiger partial charge in [0.15, 0.2) is 0 Å². The molecule has 0 aromatic carbocycles. The van der Waals surface area contributed by atoms with Crippen LogP contribution in [0.5, 0.6) is 0 Å². The molecule has 0 aromatic rings. The highest BCUT2D eigenvalue weighted by atomic mass is 19.1. The van der Waals surface area contributed by atoms with E-state index in [1.807, 2.05) is 0 Å². The van der Waals surface area contributed by atoms with Gasteiger partial charge >= 0.3 is 0 Å². The van der Waals surface area contributed by atoms with Crippen LogP contribution in [-0.2, 0) is 0 Å². The fourth-order valence-electron chi connectivity index (χ4n) is 0.0630. The van der Waals surface area contributed by atoms with E-state index in [0.29, 0.717) is 0 Å². The quantitative estimate of drug-likeness (QED) is 0.451. The van der Waals surface area contributed by atoms with Crippen LogP contribution >= 0.6 is 0 Å². The van der Waals surface area contributed by atoms with Gasteiger partial charge in [0, 0.05) is 5.92 Å². The Balaban J connectivity index is 2.96. The molecule has 0 spiro atoms. The maximum Gasteiger partial charge on any atom is 0.0954 e. The first-order valence-corrected chi connectivity index (χ1v) is 1.99. The molecule has 0 fully saturated rings. The van der Waals surface area contributed by atoms with E-state index < -0.39 is 0 Å². The monoisotopic (exact) mass is 88.1 g/mol. The lowest BCUT2D eigenvalue weighted by Crippen LogP contribution is -1.87. The van der Waals surface area contributed by atoms with Crippen LogP contribution in [0.2, 0.25) is 0 Å². The molecule has 0 aromatic heterocycles. The molecule has 0 saturated heterocycles. The maximum absolute atomic E-state index is 11.3. The van der Waals surface area contributed by atoms with E-state index in [2.05, 4.69) is 6.58 Å². The van der Waals surface area contributed by atoms with Crippen molar-refractivity contribution in [3.8, 4) is 0 Å². The van der Waals surface area contributed by atoms with Crippen LogP contribution in [0.3, 0.4) is 0 Å². The summed E-state index contributed by atoms with van der Waals surface area (Å²) in [4.78, 5) is 0. The largest absolute Gasteiger partial charge is 0.250 e. The Hall–Kier alpha value is -0.330. The third kappa shape index (κ3) is 1.94. The topological polar surface area (TPSA) is 0 Å². The zero-order valence-corrected chi connectivity index (χ0v) is 3.95. The molecular formula is C5H9F. The van der Waals surface area contributed by atoms with Crippen molar-refractivity contribution in [2.45, 2.75) is 6.92 Å². The minimum atomic E-state index is -0.288. The average Bonchev–Trinajstić information content (AvgIpc) is 1.65. The van der Waals surface area contributed by atoms with E-state index in [4.69, 9.17) is 0 Å². The van der Waals surface area contributed by atoms with E-state index in [0.717, 1.165) is 0 Å². The summed E-state index contributed by atoms with van der Waals surface area (Å²) in [6.07, 6.45) is 1.60. The van der Waals surface area contributed by atoms with Crippen LogP contribution in [-0.4, -0.2) is 6.67 Å². The number of halogens is 1. The van der Waals surface area contributed by atoms with Crippen LogP contribution in [0.4, 0.5) is 4.39 Å². The van der Waals surface area contributed by atoms with Crippen molar-refractivity contribution in [2.24, 2.45) is 5.92 Å². The highest BCUT2D eigenvalue weighted by Gasteiger charge is 1.87. The molecule has 0 rings (SSSR count). The Bertz CT molecular complexity index is 41.2. The summed E-state index contributed by atoms with van der Waals surface area (Å²) in [6.45, 7) is 4.89. The standard InChI is InChI=1S/C5H9F/c1-3-5(2)4-6/h3,5H,1,4H2,2H3. The highest BCUT2D eigenvalue weighted by Crippen LogP contribution is 1.92. The highest BCUT2D eigenvalue weighted by molar-refractivity contribution is 4.73. The molecule has 6 heavy (non-hydrogen) atoms.